The van der Waals surface area contributed by atoms with E-state index in [4.69, 9.17) is 0 Å². The van der Waals surface area contributed by atoms with E-state index >= 15 is 0 Å². The van der Waals surface area contributed by atoms with Gasteiger partial charge in [0.2, 0.25) is 0 Å². The third kappa shape index (κ3) is 6.98. The second kappa shape index (κ2) is 8.32. The molecule has 0 saturated carbocycles. The minimum Gasteiger partial charge on any atom is -0.406 e. The Labute approximate surface area is 159 Å². The summed E-state index contributed by atoms with van der Waals surface area (Å²) in [6.07, 6.45) is -9.15. The molecule has 2 nitrogen and oxygen atoms in total. The number of benzene rings is 2. The van der Waals surface area contributed by atoms with Gasteiger partial charge in [0.15, 0.2) is 0 Å². The van der Waals surface area contributed by atoms with Crippen LogP contribution in [0, 0.1) is 0 Å². The lowest BCUT2D eigenvalue weighted by atomic mass is 9.91. The normalized spacial score (nSPS) is 13.5. The minimum absolute atomic E-state index is 0.00430. The lowest BCUT2D eigenvalue weighted by molar-refractivity contribution is -0.275. The first-order valence-corrected chi connectivity index (χ1v) is 8.58. The second-order valence-electron chi connectivity index (χ2n) is 6.83. The molecule has 0 saturated heterocycles. The molecule has 0 fully saturated rings. The lowest BCUT2D eigenvalue weighted by Crippen LogP contribution is -2.17. The summed E-state index contributed by atoms with van der Waals surface area (Å²) in [6, 6.07) is 9.93. The van der Waals surface area contributed by atoms with Crippen molar-refractivity contribution in [1.82, 2.24) is 0 Å². The Hall–Kier alpha value is -2.38. The molecule has 0 unspecified atom stereocenters. The molecule has 0 aliphatic heterocycles. The van der Waals surface area contributed by atoms with Crippen molar-refractivity contribution < 1.29 is 35.8 Å². The van der Waals surface area contributed by atoms with Gasteiger partial charge in [-0.05, 0) is 59.2 Å². The first-order valence-electron chi connectivity index (χ1n) is 8.58. The van der Waals surface area contributed by atoms with Crippen LogP contribution in [0.1, 0.15) is 49.3 Å². The fourth-order valence-corrected chi connectivity index (χ4v) is 2.80. The molecule has 2 rings (SSSR count). The molecule has 28 heavy (non-hydrogen) atoms. The highest BCUT2D eigenvalue weighted by Crippen LogP contribution is 2.31. The van der Waals surface area contributed by atoms with Gasteiger partial charge in [0.1, 0.15) is 11.5 Å². The van der Waals surface area contributed by atoms with E-state index in [1.54, 1.807) is 0 Å². The van der Waals surface area contributed by atoms with Gasteiger partial charge in [-0.25, -0.2) is 0 Å². The fraction of sp³-hybridized carbons (Fsp3) is 0.400. The van der Waals surface area contributed by atoms with Gasteiger partial charge >= 0.3 is 12.7 Å². The SMILES string of the molecule is CC(C)c1cc(C[C@H](C)c2ccc(OC(F)(F)F)cc2)cc(OC(F)(F)F)c1. The molecule has 0 aromatic heterocycles. The molecular formula is C20H20F6O2. The van der Waals surface area contributed by atoms with Crippen LogP contribution in [-0.4, -0.2) is 12.7 Å². The zero-order valence-corrected chi connectivity index (χ0v) is 15.5. The third-order valence-electron chi connectivity index (χ3n) is 4.11. The molecule has 0 radical (unpaired) electrons. The van der Waals surface area contributed by atoms with Gasteiger partial charge in [0.05, 0.1) is 0 Å². The fourth-order valence-electron chi connectivity index (χ4n) is 2.80. The molecule has 0 aliphatic carbocycles. The maximum atomic E-state index is 12.6. The van der Waals surface area contributed by atoms with Crippen LogP contribution in [0.5, 0.6) is 11.5 Å². The summed E-state index contributed by atoms with van der Waals surface area (Å²) < 4.78 is 82.3. The first-order chi connectivity index (χ1) is 12.8. The molecule has 1 atom stereocenters. The number of hydrogen-bond acceptors (Lipinski definition) is 2. The van der Waals surface area contributed by atoms with Gasteiger partial charge in [0.25, 0.3) is 0 Å². The van der Waals surface area contributed by atoms with Gasteiger partial charge < -0.3 is 9.47 Å². The van der Waals surface area contributed by atoms with Crippen LogP contribution < -0.4 is 9.47 Å². The quantitative estimate of drug-likeness (QED) is 0.483. The molecule has 0 aliphatic rings. The summed E-state index contributed by atoms with van der Waals surface area (Å²) in [4.78, 5) is 0. The monoisotopic (exact) mass is 406 g/mol. The van der Waals surface area contributed by atoms with Gasteiger partial charge in [-0.2, -0.15) is 0 Å². The van der Waals surface area contributed by atoms with Gasteiger partial charge in [-0.1, -0.05) is 39.0 Å². The minimum atomic E-state index is -4.78. The van der Waals surface area contributed by atoms with Crippen LogP contribution in [0.25, 0.3) is 0 Å². The Morgan fingerprint density at radius 3 is 1.75 bits per heavy atom. The highest BCUT2D eigenvalue weighted by Gasteiger charge is 2.32. The zero-order chi connectivity index (χ0) is 21.1. The summed E-state index contributed by atoms with van der Waals surface area (Å²) in [6.45, 7) is 5.56. The van der Waals surface area contributed by atoms with E-state index in [0.717, 1.165) is 5.56 Å². The maximum Gasteiger partial charge on any atom is 0.573 e. The van der Waals surface area contributed by atoms with E-state index in [-0.39, 0.29) is 23.3 Å². The Morgan fingerprint density at radius 1 is 0.714 bits per heavy atom. The summed E-state index contributed by atoms with van der Waals surface area (Å²) in [5.74, 6) is -0.744. The van der Waals surface area contributed by atoms with Crippen LogP contribution in [0.2, 0.25) is 0 Å². The Bertz CT molecular complexity index is 779. The highest BCUT2D eigenvalue weighted by molar-refractivity contribution is 5.38. The smallest absolute Gasteiger partial charge is 0.406 e. The van der Waals surface area contributed by atoms with E-state index in [1.165, 1.54) is 36.4 Å². The van der Waals surface area contributed by atoms with Gasteiger partial charge in [0, 0.05) is 0 Å². The van der Waals surface area contributed by atoms with Crippen molar-refractivity contribution in [2.75, 3.05) is 0 Å². The average molecular weight is 406 g/mol. The second-order valence-corrected chi connectivity index (χ2v) is 6.83. The number of ether oxygens (including phenoxy) is 2. The molecule has 2 aromatic rings. The van der Waals surface area contributed by atoms with Crippen molar-refractivity contribution in [3.8, 4) is 11.5 Å². The van der Waals surface area contributed by atoms with Crippen molar-refractivity contribution in [2.24, 2.45) is 0 Å². The summed E-state index contributed by atoms with van der Waals surface area (Å²) in [7, 11) is 0. The van der Waals surface area contributed by atoms with E-state index in [9.17, 15) is 26.3 Å². The molecule has 154 valence electrons. The average Bonchev–Trinajstić information content (AvgIpc) is 2.52. The molecule has 0 spiro atoms. The van der Waals surface area contributed by atoms with Crippen molar-refractivity contribution >= 4 is 0 Å². The molecule has 0 bridgehead atoms. The predicted molar refractivity (Wildman–Crippen MR) is 92.5 cm³/mol. The number of rotatable bonds is 6. The van der Waals surface area contributed by atoms with E-state index in [0.29, 0.717) is 17.5 Å². The highest BCUT2D eigenvalue weighted by atomic mass is 19.4. The van der Waals surface area contributed by atoms with E-state index in [2.05, 4.69) is 9.47 Å². The summed E-state index contributed by atoms with van der Waals surface area (Å²) >= 11 is 0. The van der Waals surface area contributed by atoms with Gasteiger partial charge in [-0.15, -0.1) is 26.3 Å². The maximum absolute atomic E-state index is 12.6. The largest absolute Gasteiger partial charge is 0.573 e. The third-order valence-corrected chi connectivity index (χ3v) is 4.11. The molecular weight excluding hydrogens is 386 g/mol. The van der Waals surface area contributed by atoms with Crippen molar-refractivity contribution in [1.29, 1.82) is 0 Å². The van der Waals surface area contributed by atoms with Crippen LogP contribution in [0.15, 0.2) is 42.5 Å². The number of halogens is 6. The van der Waals surface area contributed by atoms with Crippen molar-refractivity contribution in [3.05, 3.63) is 59.2 Å². The molecule has 2 aromatic carbocycles. The van der Waals surface area contributed by atoms with Crippen LogP contribution in [-0.2, 0) is 6.42 Å². The van der Waals surface area contributed by atoms with Crippen molar-refractivity contribution in [2.45, 2.75) is 51.8 Å². The molecule has 8 heteroatoms. The van der Waals surface area contributed by atoms with E-state index in [1.807, 2.05) is 26.8 Å². The van der Waals surface area contributed by atoms with Gasteiger partial charge in [-0.3, -0.25) is 0 Å². The standard InChI is InChI=1S/C20H20F6O2/c1-12(2)16-9-14(10-18(11-16)28-20(24,25)26)8-13(3)15-4-6-17(7-5-15)27-19(21,22)23/h4-7,9-13H,8H2,1-3H3/t13-/m0/s1. The topological polar surface area (TPSA) is 18.5 Å². The molecule has 0 amide bonds. The number of hydrogen-bond donors (Lipinski definition) is 0. The first kappa shape index (κ1) is 21.9. The van der Waals surface area contributed by atoms with Crippen LogP contribution in [0.4, 0.5) is 26.3 Å². The van der Waals surface area contributed by atoms with E-state index < -0.39 is 12.7 Å². The zero-order valence-electron chi connectivity index (χ0n) is 15.5. The molecule has 0 N–H and O–H groups in total. The number of alkyl halides is 6. The Morgan fingerprint density at radius 2 is 1.25 bits per heavy atom. The van der Waals surface area contributed by atoms with Crippen molar-refractivity contribution in [3.63, 3.8) is 0 Å². The molecule has 0 heterocycles. The lowest BCUT2D eigenvalue weighted by Gasteiger charge is -2.17. The van der Waals surface area contributed by atoms with Crippen LogP contribution in [0.3, 0.4) is 0 Å². The summed E-state index contributed by atoms with van der Waals surface area (Å²) in [5.41, 5.74) is 2.09. The Balaban J connectivity index is 2.19. The summed E-state index contributed by atoms with van der Waals surface area (Å²) in [5, 5.41) is 0. The predicted octanol–water partition coefficient (Wildman–Crippen LogP) is 6.95. The Kier molecular flexibility index (Phi) is 6.52. The van der Waals surface area contributed by atoms with Crippen LogP contribution >= 0.6 is 0 Å².